The van der Waals surface area contributed by atoms with Crippen LogP contribution in [0.3, 0.4) is 0 Å². The van der Waals surface area contributed by atoms with Crippen molar-refractivity contribution in [1.82, 2.24) is 29.6 Å². The van der Waals surface area contributed by atoms with Crippen molar-refractivity contribution in [1.29, 1.82) is 0 Å². The lowest BCUT2D eigenvalue weighted by Gasteiger charge is -2.08. The van der Waals surface area contributed by atoms with E-state index >= 15 is 0 Å². The molecule has 0 saturated heterocycles. The van der Waals surface area contributed by atoms with Gasteiger partial charge >= 0.3 is 0 Å². The minimum Gasteiger partial charge on any atom is -0.348 e. The van der Waals surface area contributed by atoms with Gasteiger partial charge in [-0.2, -0.15) is 5.10 Å². The molecular formula is C20H17BrN6O. The molecule has 3 heterocycles. The summed E-state index contributed by atoms with van der Waals surface area (Å²) in [6.07, 6.45) is 8.55. The second kappa shape index (κ2) is 7.77. The highest BCUT2D eigenvalue weighted by molar-refractivity contribution is 9.10. The van der Waals surface area contributed by atoms with Crippen molar-refractivity contribution >= 4 is 21.8 Å². The van der Waals surface area contributed by atoms with E-state index in [4.69, 9.17) is 0 Å². The number of carbonyl (C=O) groups is 1. The van der Waals surface area contributed by atoms with Crippen LogP contribution in [0.2, 0.25) is 0 Å². The third-order valence-corrected chi connectivity index (χ3v) is 4.83. The molecule has 0 spiro atoms. The maximum atomic E-state index is 12.6. The van der Waals surface area contributed by atoms with Crippen molar-refractivity contribution in [3.8, 4) is 11.5 Å². The highest BCUT2D eigenvalue weighted by Gasteiger charge is 2.15. The van der Waals surface area contributed by atoms with Gasteiger partial charge in [0.05, 0.1) is 23.1 Å². The minimum absolute atomic E-state index is 0.169. The van der Waals surface area contributed by atoms with Gasteiger partial charge in [0, 0.05) is 29.6 Å². The predicted octanol–water partition coefficient (Wildman–Crippen LogP) is 3.45. The number of benzene rings is 1. The molecule has 0 saturated carbocycles. The summed E-state index contributed by atoms with van der Waals surface area (Å²) in [6, 6.07) is 11.6. The Labute approximate surface area is 170 Å². The van der Waals surface area contributed by atoms with Crippen LogP contribution in [0.15, 0.2) is 72.0 Å². The SMILES string of the molecule is Cc1c(C(=O)NCc2ccc(-n3ccnc3)nc2)cnn1-c1cccc(Br)c1. The van der Waals surface area contributed by atoms with Crippen molar-refractivity contribution in [2.24, 2.45) is 0 Å². The number of amides is 1. The van der Waals surface area contributed by atoms with E-state index in [1.807, 2.05) is 54.1 Å². The maximum Gasteiger partial charge on any atom is 0.255 e. The van der Waals surface area contributed by atoms with Crippen molar-refractivity contribution in [2.45, 2.75) is 13.5 Å². The van der Waals surface area contributed by atoms with Crippen LogP contribution in [0.4, 0.5) is 0 Å². The highest BCUT2D eigenvalue weighted by Crippen LogP contribution is 2.18. The molecule has 0 fully saturated rings. The quantitative estimate of drug-likeness (QED) is 0.519. The summed E-state index contributed by atoms with van der Waals surface area (Å²) in [6.45, 7) is 2.27. The van der Waals surface area contributed by atoms with Crippen LogP contribution in [0, 0.1) is 6.92 Å². The predicted molar refractivity (Wildman–Crippen MR) is 109 cm³/mol. The lowest BCUT2D eigenvalue weighted by atomic mass is 10.2. The summed E-state index contributed by atoms with van der Waals surface area (Å²) in [7, 11) is 0. The zero-order chi connectivity index (χ0) is 19.5. The Balaban J connectivity index is 1.44. The molecule has 7 nitrogen and oxygen atoms in total. The lowest BCUT2D eigenvalue weighted by Crippen LogP contribution is -2.23. The third-order valence-electron chi connectivity index (χ3n) is 4.34. The standard InChI is InChI=1S/C20H17BrN6O/c1-14-18(12-25-27(14)17-4-2-3-16(21)9-17)20(28)24-11-15-5-6-19(23-10-15)26-8-7-22-13-26/h2-10,12-13H,11H2,1H3,(H,24,28). The minimum atomic E-state index is -0.169. The fourth-order valence-electron chi connectivity index (χ4n) is 2.85. The van der Waals surface area contributed by atoms with Gasteiger partial charge < -0.3 is 5.32 Å². The molecule has 0 atom stereocenters. The number of hydrogen-bond acceptors (Lipinski definition) is 4. The average Bonchev–Trinajstić information content (AvgIpc) is 3.36. The van der Waals surface area contributed by atoms with Gasteiger partial charge in [0.25, 0.3) is 5.91 Å². The van der Waals surface area contributed by atoms with Gasteiger partial charge in [0.2, 0.25) is 0 Å². The molecule has 0 aliphatic heterocycles. The molecule has 1 amide bonds. The zero-order valence-corrected chi connectivity index (χ0v) is 16.7. The number of nitrogens with zero attached hydrogens (tertiary/aromatic N) is 5. The van der Waals surface area contributed by atoms with Crippen LogP contribution in [-0.4, -0.2) is 30.2 Å². The van der Waals surface area contributed by atoms with E-state index in [1.165, 1.54) is 0 Å². The van der Waals surface area contributed by atoms with Crippen LogP contribution < -0.4 is 5.32 Å². The summed E-state index contributed by atoms with van der Waals surface area (Å²) in [5.74, 6) is 0.608. The maximum absolute atomic E-state index is 12.6. The third kappa shape index (κ3) is 3.72. The lowest BCUT2D eigenvalue weighted by molar-refractivity contribution is 0.0950. The Morgan fingerprint density at radius 3 is 2.82 bits per heavy atom. The molecule has 0 bridgehead atoms. The fourth-order valence-corrected chi connectivity index (χ4v) is 3.23. The Morgan fingerprint density at radius 1 is 1.21 bits per heavy atom. The van der Waals surface area contributed by atoms with E-state index in [-0.39, 0.29) is 5.91 Å². The molecule has 140 valence electrons. The first-order chi connectivity index (χ1) is 13.6. The molecule has 0 radical (unpaired) electrons. The van der Waals surface area contributed by atoms with Crippen LogP contribution in [-0.2, 0) is 6.54 Å². The molecule has 0 aliphatic rings. The summed E-state index contributed by atoms with van der Waals surface area (Å²) in [5.41, 5.74) is 3.13. The van der Waals surface area contributed by atoms with Gasteiger partial charge in [0.15, 0.2) is 0 Å². The second-order valence-corrected chi connectivity index (χ2v) is 7.13. The van der Waals surface area contributed by atoms with Crippen LogP contribution in [0.25, 0.3) is 11.5 Å². The van der Waals surface area contributed by atoms with Crippen LogP contribution in [0.1, 0.15) is 21.6 Å². The van der Waals surface area contributed by atoms with Gasteiger partial charge in [-0.05, 0) is 36.8 Å². The molecule has 1 aromatic carbocycles. The average molecular weight is 437 g/mol. The Kier molecular flexibility index (Phi) is 5.03. The molecule has 8 heteroatoms. The van der Waals surface area contributed by atoms with Crippen LogP contribution >= 0.6 is 15.9 Å². The van der Waals surface area contributed by atoms with E-state index in [2.05, 4.69) is 36.3 Å². The molecule has 4 aromatic rings. The number of carbonyl (C=O) groups excluding carboxylic acids is 1. The second-order valence-electron chi connectivity index (χ2n) is 6.21. The van der Waals surface area contributed by atoms with Gasteiger partial charge in [0.1, 0.15) is 12.1 Å². The van der Waals surface area contributed by atoms with Gasteiger partial charge in [-0.15, -0.1) is 0 Å². The number of aromatic nitrogens is 5. The first kappa shape index (κ1) is 18.1. The number of rotatable bonds is 5. The van der Waals surface area contributed by atoms with E-state index < -0.39 is 0 Å². The molecular weight excluding hydrogens is 420 g/mol. The highest BCUT2D eigenvalue weighted by atomic mass is 79.9. The van der Waals surface area contributed by atoms with Crippen molar-refractivity contribution in [2.75, 3.05) is 0 Å². The van der Waals surface area contributed by atoms with Crippen molar-refractivity contribution in [3.63, 3.8) is 0 Å². The molecule has 4 rings (SSSR count). The van der Waals surface area contributed by atoms with Crippen molar-refractivity contribution < 1.29 is 4.79 Å². The Morgan fingerprint density at radius 2 is 2.11 bits per heavy atom. The first-order valence-electron chi connectivity index (χ1n) is 8.64. The number of pyridine rings is 1. The number of nitrogens with one attached hydrogen (secondary N) is 1. The zero-order valence-electron chi connectivity index (χ0n) is 15.1. The monoisotopic (exact) mass is 436 g/mol. The normalized spacial score (nSPS) is 10.8. The van der Waals surface area contributed by atoms with Gasteiger partial charge in [-0.25, -0.2) is 14.6 Å². The molecule has 0 unspecified atom stereocenters. The smallest absolute Gasteiger partial charge is 0.255 e. The van der Waals surface area contributed by atoms with Gasteiger partial charge in [-0.3, -0.25) is 9.36 Å². The van der Waals surface area contributed by atoms with E-state index in [9.17, 15) is 4.79 Å². The Bertz CT molecular complexity index is 1100. The molecule has 0 aliphatic carbocycles. The van der Waals surface area contributed by atoms with Gasteiger partial charge in [-0.1, -0.05) is 28.1 Å². The van der Waals surface area contributed by atoms with E-state index in [0.717, 1.165) is 27.2 Å². The van der Waals surface area contributed by atoms with Crippen LogP contribution in [0.5, 0.6) is 0 Å². The fraction of sp³-hybridized carbons (Fsp3) is 0.100. The van der Waals surface area contributed by atoms with E-state index in [1.54, 1.807) is 29.6 Å². The molecule has 28 heavy (non-hydrogen) atoms. The summed E-state index contributed by atoms with van der Waals surface area (Å²) < 4.78 is 4.53. The summed E-state index contributed by atoms with van der Waals surface area (Å²) >= 11 is 3.46. The largest absolute Gasteiger partial charge is 0.348 e. The number of hydrogen-bond donors (Lipinski definition) is 1. The van der Waals surface area contributed by atoms with E-state index in [0.29, 0.717) is 12.1 Å². The Hall–Kier alpha value is -3.26. The summed E-state index contributed by atoms with van der Waals surface area (Å²) in [4.78, 5) is 21.0. The first-order valence-corrected chi connectivity index (χ1v) is 9.43. The molecule has 1 N–H and O–H groups in total. The van der Waals surface area contributed by atoms with Crippen molar-refractivity contribution in [3.05, 3.63) is 88.8 Å². The number of imidazole rings is 1. The topological polar surface area (TPSA) is 77.6 Å². The number of halogens is 1. The summed E-state index contributed by atoms with van der Waals surface area (Å²) in [5, 5.41) is 7.28. The molecule has 3 aromatic heterocycles.